The number of nitrogens with two attached hydrogens (primary N) is 1. The number of thiazole rings is 1. The molecule has 3 rings (SSSR count). The van der Waals surface area contributed by atoms with E-state index in [1.807, 2.05) is 0 Å². The molecular weight excluding hydrogens is 492 g/mol. The van der Waals surface area contributed by atoms with Gasteiger partial charge in [-0.05, 0) is 27.7 Å². The number of Topliss-reactive ketones (excluding diaryl/α,β-unsaturated/α-hetero) is 1. The van der Waals surface area contributed by atoms with Crippen LogP contribution in [-0.4, -0.2) is 78.0 Å². The van der Waals surface area contributed by atoms with E-state index < -0.39 is 45.5 Å². The molecule has 1 fully saturated rings. The lowest BCUT2D eigenvalue weighted by Crippen LogP contribution is -2.73. The van der Waals surface area contributed by atoms with Crippen LogP contribution in [0.5, 0.6) is 0 Å². The van der Waals surface area contributed by atoms with Crippen molar-refractivity contribution in [2.45, 2.75) is 51.9 Å². The van der Waals surface area contributed by atoms with Crippen molar-refractivity contribution < 1.29 is 32.2 Å². The van der Waals surface area contributed by atoms with E-state index in [0.29, 0.717) is 5.82 Å². The molecule has 0 spiro atoms. The first kappa shape index (κ1) is 25.2. The lowest BCUT2D eigenvalue weighted by atomic mass is 9.98. The number of hydrogen-bond donors (Lipinski definition) is 3. The summed E-state index contributed by atoms with van der Waals surface area (Å²) in [4.78, 5) is 50.5. The SMILES string of the molecule is CC(=O)C(C)(C)ON=C(C(=O)NC1C(=O)N(S(=O)(=O)O)C1Cn1ncnc1C)c1csc(N)n1. The van der Waals surface area contributed by atoms with E-state index >= 15 is 0 Å². The number of rotatable bonds is 9. The van der Waals surface area contributed by atoms with Gasteiger partial charge in [-0.2, -0.15) is 13.5 Å². The number of nitrogen functional groups attached to an aromatic ring is 1. The summed E-state index contributed by atoms with van der Waals surface area (Å²) in [7, 11) is -4.91. The molecule has 184 valence electrons. The minimum atomic E-state index is -4.91. The maximum atomic E-state index is 13.1. The van der Waals surface area contributed by atoms with Gasteiger partial charge in [0.15, 0.2) is 22.2 Å². The average molecular weight is 515 g/mol. The van der Waals surface area contributed by atoms with Crippen molar-refractivity contribution in [1.29, 1.82) is 0 Å². The zero-order valence-electron chi connectivity index (χ0n) is 18.5. The van der Waals surface area contributed by atoms with E-state index in [2.05, 4.69) is 25.5 Å². The fraction of sp³-hybridized carbons (Fsp3) is 0.471. The quantitative estimate of drug-likeness (QED) is 0.158. The van der Waals surface area contributed by atoms with Crippen molar-refractivity contribution in [3.63, 3.8) is 0 Å². The van der Waals surface area contributed by atoms with Gasteiger partial charge in [0, 0.05) is 5.38 Å². The molecule has 0 saturated carbocycles. The second-order valence-electron chi connectivity index (χ2n) is 7.79. The van der Waals surface area contributed by atoms with Gasteiger partial charge in [0.2, 0.25) is 0 Å². The van der Waals surface area contributed by atoms with E-state index in [9.17, 15) is 27.4 Å². The Kier molecular flexibility index (Phi) is 6.72. The Morgan fingerprint density at radius 3 is 2.59 bits per heavy atom. The molecular formula is C17H22N8O7S2. The standard InChI is InChI=1S/C17H22N8O7S2/c1-8(26)17(3,4)32-23-12(10-6-33-16(18)21-10)14(27)22-13-11(5-24-9(2)19-7-20-24)25(15(13)28)34(29,30)31/h6-7,11,13H,5H2,1-4H3,(H2,18,21)(H,22,27)(H,29,30,31). The fourth-order valence-electron chi connectivity index (χ4n) is 2.85. The van der Waals surface area contributed by atoms with Crippen LogP contribution in [0.3, 0.4) is 0 Å². The first-order chi connectivity index (χ1) is 15.7. The van der Waals surface area contributed by atoms with Gasteiger partial charge in [-0.3, -0.25) is 18.9 Å². The van der Waals surface area contributed by atoms with Crippen molar-refractivity contribution in [1.82, 2.24) is 29.4 Å². The topological polar surface area (TPSA) is 212 Å². The smallest absolute Gasteiger partial charge is 0.362 e. The number of ketones is 1. The third-order valence-electron chi connectivity index (χ3n) is 5.07. The number of amides is 2. The van der Waals surface area contributed by atoms with Gasteiger partial charge in [-0.1, -0.05) is 5.16 Å². The molecule has 2 aromatic rings. The van der Waals surface area contributed by atoms with Crippen molar-refractivity contribution in [3.8, 4) is 0 Å². The zero-order valence-corrected chi connectivity index (χ0v) is 20.1. The van der Waals surface area contributed by atoms with Gasteiger partial charge < -0.3 is 15.9 Å². The van der Waals surface area contributed by atoms with E-state index in [1.165, 1.54) is 37.2 Å². The average Bonchev–Trinajstić information content (AvgIpc) is 3.32. The number of aryl methyl sites for hydroxylation is 1. The largest absolute Gasteiger partial charge is 0.381 e. The predicted octanol–water partition coefficient (Wildman–Crippen LogP) is -1.09. The normalized spacial score (nSPS) is 19.0. The van der Waals surface area contributed by atoms with Gasteiger partial charge in [0.1, 0.15) is 23.9 Å². The molecule has 34 heavy (non-hydrogen) atoms. The maximum Gasteiger partial charge on any atom is 0.362 e. The highest BCUT2D eigenvalue weighted by Crippen LogP contribution is 2.26. The van der Waals surface area contributed by atoms with Crippen LogP contribution in [0.2, 0.25) is 0 Å². The van der Waals surface area contributed by atoms with E-state index in [4.69, 9.17) is 10.6 Å². The first-order valence-electron chi connectivity index (χ1n) is 9.67. The van der Waals surface area contributed by atoms with Crippen LogP contribution in [0, 0.1) is 6.92 Å². The molecule has 4 N–H and O–H groups in total. The first-order valence-corrected chi connectivity index (χ1v) is 11.9. The Bertz CT molecular complexity index is 1270. The van der Waals surface area contributed by atoms with Crippen LogP contribution in [0.4, 0.5) is 5.13 Å². The molecule has 2 amide bonds. The van der Waals surface area contributed by atoms with E-state index in [-0.39, 0.29) is 27.5 Å². The Labute approximate surface area is 197 Å². The highest BCUT2D eigenvalue weighted by molar-refractivity contribution is 7.84. The van der Waals surface area contributed by atoms with Crippen molar-refractivity contribution in [2.75, 3.05) is 5.73 Å². The Morgan fingerprint density at radius 1 is 1.41 bits per heavy atom. The van der Waals surface area contributed by atoms with Crippen LogP contribution < -0.4 is 11.1 Å². The van der Waals surface area contributed by atoms with Crippen molar-refractivity contribution >= 4 is 50.1 Å². The van der Waals surface area contributed by atoms with Gasteiger partial charge in [0.25, 0.3) is 11.8 Å². The summed E-state index contributed by atoms with van der Waals surface area (Å²) in [6.07, 6.45) is 1.23. The number of carbonyl (C=O) groups is 3. The Hall–Kier alpha value is -3.44. The van der Waals surface area contributed by atoms with Crippen LogP contribution >= 0.6 is 11.3 Å². The Balaban J connectivity index is 1.90. The second kappa shape index (κ2) is 9.07. The molecule has 1 saturated heterocycles. The number of carbonyl (C=O) groups excluding carboxylic acids is 3. The molecule has 0 aromatic carbocycles. The van der Waals surface area contributed by atoms with E-state index in [0.717, 1.165) is 11.3 Å². The lowest BCUT2D eigenvalue weighted by molar-refractivity contribution is -0.145. The third-order valence-corrected chi connectivity index (χ3v) is 6.69. The number of anilines is 1. The third kappa shape index (κ3) is 5.05. The van der Waals surface area contributed by atoms with Crippen LogP contribution in [0.1, 0.15) is 32.3 Å². The zero-order chi connectivity index (χ0) is 25.4. The number of β-lactam (4-membered cyclic amide) rings is 1. The molecule has 17 heteroatoms. The molecule has 15 nitrogen and oxygen atoms in total. The van der Waals surface area contributed by atoms with Gasteiger partial charge in [0.05, 0.1) is 12.6 Å². The second-order valence-corrected chi connectivity index (χ2v) is 9.97. The minimum absolute atomic E-state index is 0.0152. The highest BCUT2D eigenvalue weighted by Gasteiger charge is 2.54. The molecule has 0 radical (unpaired) electrons. The summed E-state index contributed by atoms with van der Waals surface area (Å²) in [5.74, 6) is -1.96. The summed E-state index contributed by atoms with van der Waals surface area (Å²) in [5, 5.41) is 11.6. The van der Waals surface area contributed by atoms with Crippen LogP contribution in [0.25, 0.3) is 0 Å². The Morgan fingerprint density at radius 2 is 2.09 bits per heavy atom. The number of nitrogens with zero attached hydrogens (tertiary/aromatic N) is 6. The molecule has 2 aromatic heterocycles. The molecule has 0 bridgehead atoms. The molecule has 1 aliphatic heterocycles. The summed E-state index contributed by atoms with van der Waals surface area (Å²) < 4.78 is 34.5. The molecule has 0 aliphatic carbocycles. The fourth-order valence-corrected chi connectivity index (χ4v) is 4.27. The number of oxime groups is 1. The summed E-state index contributed by atoms with van der Waals surface area (Å²) in [6.45, 7) is 5.58. The highest BCUT2D eigenvalue weighted by atomic mass is 32.2. The maximum absolute atomic E-state index is 13.1. The van der Waals surface area contributed by atoms with E-state index in [1.54, 1.807) is 6.92 Å². The van der Waals surface area contributed by atoms with Crippen LogP contribution in [0.15, 0.2) is 16.9 Å². The molecule has 3 heterocycles. The number of hydrogen-bond acceptors (Lipinski definition) is 12. The van der Waals surface area contributed by atoms with Gasteiger partial charge in [-0.15, -0.1) is 11.3 Å². The van der Waals surface area contributed by atoms with Gasteiger partial charge in [-0.25, -0.2) is 19.0 Å². The molecule has 2 atom stereocenters. The predicted molar refractivity (Wildman–Crippen MR) is 118 cm³/mol. The number of nitrogens with one attached hydrogen (secondary N) is 1. The minimum Gasteiger partial charge on any atom is -0.381 e. The monoisotopic (exact) mass is 514 g/mol. The summed E-state index contributed by atoms with van der Waals surface area (Å²) in [6, 6.07) is -2.57. The summed E-state index contributed by atoms with van der Waals surface area (Å²) in [5.41, 5.74) is 3.90. The molecule has 1 aliphatic rings. The van der Waals surface area contributed by atoms with Crippen molar-refractivity contribution in [3.05, 3.63) is 23.2 Å². The van der Waals surface area contributed by atoms with Crippen molar-refractivity contribution in [2.24, 2.45) is 5.16 Å². The van der Waals surface area contributed by atoms with Crippen LogP contribution in [-0.2, 0) is 36.1 Å². The lowest BCUT2D eigenvalue weighted by Gasteiger charge is -2.44. The number of aromatic nitrogens is 4. The summed E-state index contributed by atoms with van der Waals surface area (Å²) >= 11 is 1.01. The molecule has 2 unspecified atom stereocenters. The van der Waals surface area contributed by atoms with Gasteiger partial charge >= 0.3 is 10.3 Å².